The summed E-state index contributed by atoms with van der Waals surface area (Å²) in [4.78, 5) is 15.2. The number of piperidine rings is 2. The number of aryl methyl sites for hydroxylation is 2. The third-order valence-corrected chi connectivity index (χ3v) is 10.2. The van der Waals surface area contributed by atoms with E-state index in [1.807, 2.05) is 20.8 Å². The summed E-state index contributed by atoms with van der Waals surface area (Å²) in [6.07, 6.45) is 1.16. The van der Waals surface area contributed by atoms with Gasteiger partial charge in [0.05, 0.1) is 0 Å². The Bertz CT molecular complexity index is 1730. The maximum absolute atomic E-state index is 13.1. The van der Waals surface area contributed by atoms with Crippen molar-refractivity contribution in [1.29, 1.82) is 0 Å². The first kappa shape index (κ1) is 25.7. The van der Waals surface area contributed by atoms with Crippen LogP contribution >= 0.6 is 8.16 Å². The molecule has 2 unspecified atom stereocenters. The minimum absolute atomic E-state index is 0.260. The van der Waals surface area contributed by atoms with E-state index in [1.54, 1.807) is 0 Å². The molecule has 2 aliphatic rings. The van der Waals surface area contributed by atoms with Crippen LogP contribution < -0.4 is 4.67 Å². The second-order valence-corrected chi connectivity index (χ2v) is 14.4. The summed E-state index contributed by atoms with van der Waals surface area (Å²) in [5.41, 5.74) is 3.76. The van der Waals surface area contributed by atoms with Gasteiger partial charge in [-0.2, -0.15) is 0 Å². The van der Waals surface area contributed by atoms with Crippen molar-refractivity contribution >= 4 is 57.6 Å². The number of carbonyl (C=O) groups is 1. The lowest BCUT2D eigenvalue weighted by Crippen LogP contribution is -2.55. The molecule has 7 rings (SSSR count). The highest BCUT2D eigenvalue weighted by Crippen LogP contribution is 2.46. The quantitative estimate of drug-likeness (QED) is 0.209. The summed E-state index contributed by atoms with van der Waals surface area (Å²) in [5, 5.41) is 7.06. The van der Waals surface area contributed by atoms with E-state index < -0.39 is 8.16 Å². The van der Waals surface area contributed by atoms with E-state index in [0.29, 0.717) is 11.8 Å². The third-order valence-electron chi connectivity index (χ3n) is 8.68. The average Bonchev–Trinajstić information content (AvgIpc) is 3.11. The molecule has 2 atom stereocenters. The molecule has 2 fully saturated rings. The number of fused-ring (bicyclic) bond motifs is 9. The Morgan fingerprint density at radius 3 is 1.73 bits per heavy atom. The van der Waals surface area contributed by atoms with E-state index in [2.05, 4.69) is 84.1 Å². The summed E-state index contributed by atoms with van der Waals surface area (Å²) in [6, 6.07) is 21.7. The molecule has 2 aliphatic heterocycles. The van der Waals surface area contributed by atoms with Crippen molar-refractivity contribution in [3.8, 4) is 0 Å². The van der Waals surface area contributed by atoms with Crippen molar-refractivity contribution < 1.29 is 13.2 Å². The van der Waals surface area contributed by atoms with E-state index in [9.17, 15) is 4.79 Å². The van der Waals surface area contributed by atoms with Gasteiger partial charge in [0, 0.05) is 42.4 Å². The van der Waals surface area contributed by atoms with Gasteiger partial charge in [0.25, 0.3) is 0 Å². The number of carbonyl (C=O) groups excluding carboxylic acids is 1. The van der Waals surface area contributed by atoms with Crippen molar-refractivity contribution in [2.45, 2.75) is 41.0 Å². The van der Waals surface area contributed by atoms with Crippen LogP contribution in [0.3, 0.4) is 0 Å². The summed E-state index contributed by atoms with van der Waals surface area (Å²) in [6.45, 7) is 13.8. The molecule has 5 nitrogen and oxygen atoms in total. The zero-order chi connectivity index (χ0) is 27.8. The number of hydrogen-bond donors (Lipinski definition) is 0. The zero-order valence-corrected chi connectivity index (χ0v) is 24.9. The molecule has 4 aromatic carbocycles. The molecule has 0 saturated carbocycles. The van der Waals surface area contributed by atoms with Crippen LogP contribution in [-0.4, -0.2) is 37.0 Å². The van der Waals surface area contributed by atoms with Gasteiger partial charge in [-0.3, -0.25) is 4.79 Å². The highest BCUT2D eigenvalue weighted by molar-refractivity contribution is 7.39. The lowest BCUT2D eigenvalue weighted by Gasteiger charge is -2.45. The SMILES string of the molecule is Cc1cc2ccccc2c2c1op(N1CC3CC(CN(C(=O)C(C)(C)C)C3)C1)oc1c(C)cc3ccccc3c12. The lowest BCUT2D eigenvalue weighted by atomic mass is 9.84. The van der Waals surface area contributed by atoms with E-state index in [4.69, 9.17) is 8.39 Å². The fourth-order valence-electron chi connectivity index (χ4n) is 6.99. The highest BCUT2D eigenvalue weighted by Gasteiger charge is 2.40. The lowest BCUT2D eigenvalue weighted by molar-refractivity contribution is -0.142. The summed E-state index contributed by atoms with van der Waals surface area (Å²) in [7, 11) is -1.38. The smallest absolute Gasteiger partial charge is 0.309 e. The first-order chi connectivity index (χ1) is 19.2. The molecule has 0 aliphatic carbocycles. The summed E-state index contributed by atoms with van der Waals surface area (Å²) in [5.74, 6) is 1.10. The second kappa shape index (κ2) is 9.39. The molecular formula is C34H37N2O3P. The summed E-state index contributed by atoms with van der Waals surface area (Å²) < 4.78 is 16.4. The molecule has 0 radical (unpaired) electrons. The maximum atomic E-state index is 13.1. The molecule has 40 heavy (non-hydrogen) atoms. The van der Waals surface area contributed by atoms with Gasteiger partial charge >= 0.3 is 8.16 Å². The molecule has 3 heterocycles. The van der Waals surface area contributed by atoms with E-state index in [-0.39, 0.29) is 11.3 Å². The van der Waals surface area contributed by atoms with Crippen molar-refractivity contribution in [1.82, 2.24) is 4.90 Å². The monoisotopic (exact) mass is 552 g/mol. The number of rotatable bonds is 1. The highest BCUT2D eigenvalue weighted by atomic mass is 31.1. The Morgan fingerprint density at radius 1 is 0.775 bits per heavy atom. The zero-order valence-electron chi connectivity index (χ0n) is 24.0. The molecule has 1 amide bonds. The fourth-order valence-corrected chi connectivity index (χ4v) is 8.77. The van der Waals surface area contributed by atoms with Gasteiger partial charge in [0.2, 0.25) is 5.91 Å². The van der Waals surface area contributed by atoms with Crippen molar-refractivity contribution in [2.75, 3.05) is 30.8 Å². The van der Waals surface area contributed by atoms with E-state index in [0.717, 1.165) is 65.7 Å². The topological polar surface area (TPSA) is 49.8 Å². The number of amides is 1. The van der Waals surface area contributed by atoms with Crippen LogP contribution in [0.15, 0.2) is 69.1 Å². The van der Waals surface area contributed by atoms with Crippen LogP contribution in [0.5, 0.6) is 0 Å². The molecule has 2 bridgehead atoms. The predicted octanol–water partition coefficient (Wildman–Crippen LogP) is 8.68. The van der Waals surface area contributed by atoms with Crippen LogP contribution in [0.2, 0.25) is 0 Å². The third kappa shape index (κ3) is 4.22. The van der Waals surface area contributed by atoms with Gasteiger partial charge in [-0.25, -0.2) is 4.67 Å². The molecule has 2 saturated heterocycles. The molecule has 1 aromatic heterocycles. The number of nitrogens with zero attached hydrogens (tertiary/aromatic N) is 2. The first-order valence-electron chi connectivity index (χ1n) is 14.4. The number of likely N-dealkylation sites (tertiary alicyclic amines) is 1. The van der Waals surface area contributed by atoms with Gasteiger partial charge in [0.1, 0.15) is 11.2 Å². The Morgan fingerprint density at radius 2 is 1.25 bits per heavy atom. The Balaban J connectivity index is 1.45. The minimum Gasteiger partial charge on any atom is -0.407 e. The standard InChI is InChI=1S/C34H37N2O3P/c1-21-14-25-10-6-8-12-27(25)29-30-28-13-9-7-11-26(28)15-22(2)32(30)39-40(38-31(21)29)36-19-23-16-24(20-36)18-35(17-23)33(37)34(3,4)5/h6-15,23-24H,16-20H2,1-5H3. The maximum Gasteiger partial charge on any atom is 0.309 e. The van der Waals surface area contributed by atoms with Crippen LogP contribution in [0.1, 0.15) is 38.3 Å². The Hall–Kier alpha value is -3.27. The largest absolute Gasteiger partial charge is 0.407 e. The first-order valence-corrected chi connectivity index (χ1v) is 15.6. The molecule has 6 heteroatoms. The van der Waals surface area contributed by atoms with E-state index in [1.165, 1.54) is 21.5 Å². The van der Waals surface area contributed by atoms with Gasteiger partial charge in [-0.1, -0.05) is 69.3 Å². The Labute approximate surface area is 236 Å². The normalized spacial score (nSPS) is 20.1. The van der Waals surface area contributed by atoms with E-state index >= 15 is 0 Å². The molecule has 206 valence electrons. The van der Waals surface area contributed by atoms with Crippen LogP contribution in [-0.2, 0) is 4.79 Å². The van der Waals surface area contributed by atoms with Gasteiger partial charge in [0.15, 0.2) is 0 Å². The number of benzene rings is 4. The van der Waals surface area contributed by atoms with Crippen LogP contribution in [0, 0.1) is 31.1 Å². The molecular weight excluding hydrogens is 515 g/mol. The Kier molecular flexibility index (Phi) is 6.03. The fraction of sp³-hybridized carbons (Fsp3) is 0.382. The minimum atomic E-state index is -1.38. The van der Waals surface area contributed by atoms with Crippen molar-refractivity contribution in [3.05, 3.63) is 71.8 Å². The van der Waals surface area contributed by atoms with Gasteiger partial charge < -0.3 is 13.3 Å². The molecule has 0 N–H and O–H groups in total. The second-order valence-electron chi connectivity index (χ2n) is 13.0. The van der Waals surface area contributed by atoms with Gasteiger partial charge in [-0.05, 0) is 76.9 Å². The van der Waals surface area contributed by atoms with Gasteiger partial charge in [-0.15, -0.1) is 0 Å². The molecule has 5 aromatic rings. The van der Waals surface area contributed by atoms with Crippen LogP contribution in [0.4, 0.5) is 0 Å². The number of hydrogen-bond acceptors (Lipinski definition) is 4. The predicted molar refractivity (Wildman–Crippen MR) is 166 cm³/mol. The van der Waals surface area contributed by atoms with Crippen molar-refractivity contribution in [2.24, 2.45) is 17.3 Å². The van der Waals surface area contributed by atoms with Crippen LogP contribution in [0.25, 0.3) is 43.5 Å². The molecule has 0 spiro atoms. The summed E-state index contributed by atoms with van der Waals surface area (Å²) >= 11 is 0. The van der Waals surface area contributed by atoms with Crippen molar-refractivity contribution in [3.63, 3.8) is 0 Å². The average molecular weight is 553 g/mol.